The number of hydrogen-bond donors (Lipinski definition) is 0. The Morgan fingerprint density at radius 2 is 0.600 bits per heavy atom. The third-order valence-corrected chi connectivity index (χ3v) is 12.6. The third-order valence-electron chi connectivity index (χ3n) is 12.6. The third kappa shape index (κ3) is 52.5. The molecule has 0 radical (unpaired) electrons. The van der Waals surface area contributed by atoms with Gasteiger partial charge in [0, 0.05) is 19.3 Å². The number of rotatable bonds is 52. The van der Waals surface area contributed by atoms with Gasteiger partial charge in [0.05, 0.1) is 0 Å². The average Bonchev–Trinajstić information content (AvgIpc) is 3.30. The molecule has 380 valence electrons. The van der Waals surface area contributed by atoms with Crippen LogP contribution in [0.1, 0.15) is 303 Å². The highest BCUT2D eigenvalue weighted by Gasteiger charge is 2.19. The van der Waals surface area contributed by atoms with Gasteiger partial charge in [0.1, 0.15) is 13.2 Å². The highest BCUT2D eigenvalue weighted by Crippen LogP contribution is 2.17. The fourth-order valence-electron chi connectivity index (χ4n) is 8.36. The minimum Gasteiger partial charge on any atom is -0.462 e. The van der Waals surface area contributed by atoms with E-state index in [4.69, 9.17) is 14.2 Å². The molecule has 1 unspecified atom stereocenters. The molecule has 0 aromatic heterocycles. The molecular formula is C59H108O6. The minimum absolute atomic E-state index is 0.0815. The second kappa shape index (κ2) is 54.2. The van der Waals surface area contributed by atoms with Gasteiger partial charge < -0.3 is 14.2 Å². The molecule has 0 bridgehead atoms. The highest BCUT2D eigenvalue weighted by atomic mass is 16.6. The van der Waals surface area contributed by atoms with Gasteiger partial charge >= 0.3 is 17.9 Å². The van der Waals surface area contributed by atoms with Gasteiger partial charge in [0.15, 0.2) is 6.10 Å². The van der Waals surface area contributed by atoms with Crippen LogP contribution in [0, 0.1) is 0 Å². The summed E-state index contributed by atoms with van der Waals surface area (Å²) in [5.41, 5.74) is 0. The van der Waals surface area contributed by atoms with Crippen molar-refractivity contribution in [3.8, 4) is 0 Å². The van der Waals surface area contributed by atoms with Crippen LogP contribution in [0.3, 0.4) is 0 Å². The average molecular weight is 914 g/mol. The van der Waals surface area contributed by atoms with E-state index in [-0.39, 0.29) is 31.1 Å². The van der Waals surface area contributed by atoms with Crippen molar-refractivity contribution in [2.45, 2.75) is 309 Å². The molecule has 0 saturated carbocycles. The molecule has 65 heavy (non-hydrogen) atoms. The standard InChI is InChI=1S/C59H108O6/c1-4-7-10-13-16-19-21-23-25-27-29-31-33-35-37-40-43-46-49-52-58(61)64-55-56(54-63-57(60)51-48-45-42-39-18-15-12-9-6-3)65-59(62)53-50-47-44-41-38-36-34-32-30-28-26-24-22-20-17-14-11-8-5-2/h9,12,18,27,29,39,56H,4-8,10-11,13-17,19-26,28,30-38,40-55H2,1-3H3/b12-9-,29-27-,39-18-. The molecule has 0 fully saturated rings. The maximum absolute atomic E-state index is 12.8. The largest absolute Gasteiger partial charge is 0.462 e. The second-order valence-electron chi connectivity index (χ2n) is 19.2. The van der Waals surface area contributed by atoms with Gasteiger partial charge in [0.25, 0.3) is 0 Å². The lowest BCUT2D eigenvalue weighted by Gasteiger charge is -2.18. The fraction of sp³-hybridized carbons (Fsp3) is 0.847. The normalized spacial score (nSPS) is 12.2. The van der Waals surface area contributed by atoms with Crippen LogP contribution in [-0.4, -0.2) is 37.2 Å². The quantitative estimate of drug-likeness (QED) is 0.0262. The molecule has 0 saturated heterocycles. The zero-order valence-electron chi connectivity index (χ0n) is 43.5. The number of allylic oxidation sites excluding steroid dienone is 6. The van der Waals surface area contributed by atoms with Crippen molar-refractivity contribution >= 4 is 17.9 Å². The molecule has 0 aliphatic rings. The summed E-state index contributed by atoms with van der Waals surface area (Å²) in [5, 5.41) is 0. The van der Waals surface area contributed by atoms with Crippen LogP contribution in [-0.2, 0) is 28.6 Å². The zero-order valence-corrected chi connectivity index (χ0v) is 43.5. The molecule has 0 aliphatic heterocycles. The molecule has 0 aliphatic carbocycles. The summed E-state index contributed by atoms with van der Waals surface area (Å²) in [4.78, 5) is 38.0. The van der Waals surface area contributed by atoms with Gasteiger partial charge in [-0.1, -0.05) is 250 Å². The summed E-state index contributed by atoms with van der Waals surface area (Å²) in [7, 11) is 0. The lowest BCUT2D eigenvalue weighted by Crippen LogP contribution is -2.30. The Kier molecular flexibility index (Phi) is 52.3. The lowest BCUT2D eigenvalue weighted by molar-refractivity contribution is -0.167. The Hall–Kier alpha value is -2.37. The van der Waals surface area contributed by atoms with E-state index < -0.39 is 6.10 Å². The first-order valence-electron chi connectivity index (χ1n) is 28.5. The van der Waals surface area contributed by atoms with Crippen molar-refractivity contribution in [3.63, 3.8) is 0 Å². The molecule has 0 aromatic carbocycles. The topological polar surface area (TPSA) is 78.9 Å². The van der Waals surface area contributed by atoms with E-state index in [2.05, 4.69) is 57.2 Å². The summed E-state index contributed by atoms with van der Waals surface area (Å²) < 4.78 is 16.8. The fourth-order valence-corrected chi connectivity index (χ4v) is 8.36. The number of esters is 3. The number of carbonyl (C=O) groups is 3. The predicted molar refractivity (Wildman–Crippen MR) is 279 cm³/mol. The van der Waals surface area contributed by atoms with Crippen LogP contribution >= 0.6 is 0 Å². The molecule has 0 aromatic rings. The monoisotopic (exact) mass is 913 g/mol. The molecule has 0 rings (SSSR count). The molecule has 0 N–H and O–H groups in total. The van der Waals surface area contributed by atoms with Gasteiger partial charge in [-0.05, 0) is 70.6 Å². The number of unbranched alkanes of at least 4 members (excludes halogenated alkanes) is 35. The van der Waals surface area contributed by atoms with Crippen LogP contribution in [0.25, 0.3) is 0 Å². The molecule has 1 atom stereocenters. The van der Waals surface area contributed by atoms with Crippen LogP contribution in [0.5, 0.6) is 0 Å². The SMILES string of the molecule is CC/C=C\C/C=C\CCCCC(=O)OCC(COC(=O)CCCCCCCCC/C=C\CCCCCCCCCC)OC(=O)CCCCCCCCCCCCCCCCCCCCC. The molecule has 0 heterocycles. The van der Waals surface area contributed by atoms with Crippen LogP contribution in [0.4, 0.5) is 0 Å². The van der Waals surface area contributed by atoms with E-state index in [1.54, 1.807) is 0 Å². The van der Waals surface area contributed by atoms with Crippen molar-refractivity contribution in [3.05, 3.63) is 36.5 Å². The van der Waals surface area contributed by atoms with E-state index in [0.717, 1.165) is 70.6 Å². The molecular weight excluding hydrogens is 805 g/mol. The first-order chi connectivity index (χ1) is 32.0. The zero-order chi connectivity index (χ0) is 47.2. The molecule has 6 heteroatoms. The number of ether oxygens (including phenoxy) is 3. The first kappa shape index (κ1) is 62.6. The van der Waals surface area contributed by atoms with Gasteiger partial charge in [-0.3, -0.25) is 14.4 Å². The van der Waals surface area contributed by atoms with Gasteiger partial charge in [0.2, 0.25) is 0 Å². The van der Waals surface area contributed by atoms with Crippen molar-refractivity contribution in [1.82, 2.24) is 0 Å². The Morgan fingerprint density at radius 1 is 0.323 bits per heavy atom. The summed E-state index contributed by atoms with van der Waals surface area (Å²) in [6, 6.07) is 0. The number of hydrogen-bond acceptors (Lipinski definition) is 6. The van der Waals surface area contributed by atoms with E-state index in [1.165, 1.54) is 193 Å². The highest BCUT2D eigenvalue weighted by molar-refractivity contribution is 5.71. The summed E-state index contributed by atoms with van der Waals surface area (Å²) in [5.74, 6) is -0.908. The lowest BCUT2D eigenvalue weighted by atomic mass is 10.0. The predicted octanol–water partition coefficient (Wildman–Crippen LogP) is 18.9. The van der Waals surface area contributed by atoms with Crippen LogP contribution in [0.2, 0.25) is 0 Å². The van der Waals surface area contributed by atoms with Crippen molar-refractivity contribution in [2.75, 3.05) is 13.2 Å². The van der Waals surface area contributed by atoms with Crippen LogP contribution in [0.15, 0.2) is 36.5 Å². The summed E-state index contributed by atoms with van der Waals surface area (Å²) >= 11 is 0. The smallest absolute Gasteiger partial charge is 0.306 e. The van der Waals surface area contributed by atoms with Gasteiger partial charge in [-0.25, -0.2) is 0 Å². The second-order valence-corrected chi connectivity index (χ2v) is 19.2. The summed E-state index contributed by atoms with van der Waals surface area (Å²) in [6.45, 7) is 6.52. The molecule has 0 spiro atoms. The maximum atomic E-state index is 12.8. The van der Waals surface area contributed by atoms with E-state index in [1.807, 2.05) is 0 Å². The summed E-state index contributed by atoms with van der Waals surface area (Å²) in [6.07, 6.45) is 64.4. The Labute approximate surface area is 404 Å². The van der Waals surface area contributed by atoms with Crippen molar-refractivity contribution in [2.24, 2.45) is 0 Å². The van der Waals surface area contributed by atoms with E-state index in [0.29, 0.717) is 19.3 Å². The van der Waals surface area contributed by atoms with Crippen molar-refractivity contribution < 1.29 is 28.6 Å². The Bertz CT molecular complexity index is 1090. The van der Waals surface area contributed by atoms with Gasteiger partial charge in [-0.15, -0.1) is 0 Å². The maximum Gasteiger partial charge on any atom is 0.306 e. The molecule has 6 nitrogen and oxygen atoms in total. The number of carbonyl (C=O) groups excluding carboxylic acids is 3. The van der Waals surface area contributed by atoms with Crippen molar-refractivity contribution in [1.29, 1.82) is 0 Å². The Morgan fingerprint density at radius 3 is 0.969 bits per heavy atom. The van der Waals surface area contributed by atoms with E-state index >= 15 is 0 Å². The first-order valence-corrected chi connectivity index (χ1v) is 28.5. The van der Waals surface area contributed by atoms with Gasteiger partial charge in [-0.2, -0.15) is 0 Å². The van der Waals surface area contributed by atoms with Crippen LogP contribution < -0.4 is 0 Å². The van der Waals surface area contributed by atoms with E-state index in [9.17, 15) is 14.4 Å². The minimum atomic E-state index is -0.783. The molecule has 0 amide bonds. The Balaban J connectivity index is 4.25.